The van der Waals surface area contributed by atoms with Crippen molar-refractivity contribution < 1.29 is 9.59 Å². The van der Waals surface area contributed by atoms with E-state index in [1.807, 2.05) is 18.2 Å². The summed E-state index contributed by atoms with van der Waals surface area (Å²) in [7, 11) is 0. The molecule has 0 aromatic heterocycles. The predicted molar refractivity (Wildman–Crippen MR) is 98.8 cm³/mol. The molecule has 0 atom stereocenters. The highest BCUT2D eigenvalue weighted by Crippen LogP contribution is 2.47. The second-order valence-electron chi connectivity index (χ2n) is 6.44. The molecule has 0 heterocycles. The van der Waals surface area contributed by atoms with Crippen LogP contribution in [0.4, 0.5) is 0 Å². The van der Waals surface area contributed by atoms with E-state index in [-0.39, 0.29) is 23.7 Å². The molecule has 0 unspecified atom stereocenters. The first-order chi connectivity index (χ1) is 12.1. The van der Waals surface area contributed by atoms with Crippen molar-refractivity contribution in [3.8, 4) is 0 Å². The fraction of sp³-hybridized carbons (Fsp3) is 0.300. The molecular formula is C20H21ClN2O2. The van der Waals surface area contributed by atoms with Crippen LogP contribution in [0.15, 0.2) is 54.6 Å². The van der Waals surface area contributed by atoms with E-state index in [9.17, 15) is 9.59 Å². The number of amides is 2. The Kier molecular flexibility index (Phi) is 5.39. The minimum absolute atomic E-state index is 0.0430. The van der Waals surface area contributed by atoms with Crippen LogP contribution in [0, 0.1) is 0 Å². The number of benzene rings is 2. The van der Waals surface area contributed by atoms with Crippen molar-refractivity contribution in [2.75, 3.05) is 13.1 Å². The SMILES string of the molecule is O=C(CCNC(=O)c1ccc(Cl)cc1)NCC1(c2ccccc2)CC1. The van der Waals surface area contributed by atoms with Crippen LogP contribution < -0.4 is 10.6 Å². The third kappa shape index (κ3) is 4.60. The number of hydrogen-bond donors (Lipinski definition) is 2. The average molecular weight is 357 g/mol. The zero-order valence-corrected chi connectivity index (χ0v) is 14.7. The van der Waals surface area contributed by atoms with Crippen molar-refractivity contribution in [2.24, 2.45) is 0 Å². The zero-order chi connectivity index (χ0) is 17.7. The highest BCUT2D eigenvalue weighted by molar-refractivity contribution is 6.30. The fourth-order valence-corrected chi connectivity index (χ4v) is 2.99. The van der Waals surface area contributed by atoms with E-state index in [2.05, 4.69) is 22.8 Å². The van der Waals surface area contributed by atoms with Crippen LogP contribution in [0.25, 0.3) is 0 Å². The molecule has 130 valence electrons. The van der Waals surface area contributed by atoms with E-state index < -0.39 is 0 Å². The molecule has 2 N–H and O–H groups in total. The van der Waals surface area contributed by atoms with Gasteiger partial charge in [0.15, 0.2) is 0 Å². The third-order valence-electron chi connectivity index (χ3n) is 4.61. The van der Waals surface area contributed by atoms with Crippen LogP contribution in [0.5, 0.6) is 0 Å². The highest BCUT2D eigenvalue weighted by Gasteiger charge is 2.44. The van der Waals surface area contributed by atoms with Crippen LogP contribution in [-0.2, 0) is 10.2 Å². The molecule has 25 heavy (non-hydrogen) atoms. The normalized spacial score (nSPS) is 14.6. The lowest BCUT2D eigenvalue weighted by atomic mass is 9.96. The summed E-state index contributed by atoms with van der Waals surface area (Å²) >= 11 is 5.80. The minimum Gasteiger partial charge on any atom is -0.355 e. The standard InChI is InChI=1S/C20H21ClN2O2/c21-17-8-6-15(7-9-17)19(25)22-13-10-18(24)23-14-20(11-12-20)16-4-2-1-3-5-16/h1-9H,10-14H2,(H,22,25)(H,23,24). The molecule has 2 aromatic rings. The second kappa shape index (κ2) is 7.70. The minimum atomic E-state index is -0.201. The number of hydrogen-bond acceptors (Lipinski definition) is 2. The molecule has 0 bridgehead atoms. The van der Waals surface area contributed by atoms with E-state index in [0.29, 0.717) is 23.7 Å². The maximum atomic E-state index is 12.0. The van der Waals surface area contributed by atoms with Crippen molar-refractivity contribution in [2.45, 2.75) is 24.7 Å². The van der Waals surface area contributed by atoms with Crippen molar-refractivity contribution >= 4 is 23.4 Å². The molecule has 0 radical (unpaired) electrons. The molecule has 1 fully saturated rings. The number of carbonyl (C=O) groups excluding carboxylic acids is 2. The molecule has 4 nitrogen and oxygen atoms in total. The van der Waals surface area contributed by atoms with E-state index in [1.165, 1.54) is 5.56 Å². The summed E-state index contributed by atoms with van der Waals surface area (Å²) in [6, 6.07) is 17.0. The fourth-order valence-electron chi connectivity index (χ4n) is 2.86. The summed E-state index contributed by atoms with van der Waals surface area (Å²) in [6.07, 6.45) is 2.47. The maximum absolute atomic E-state index is 12.0. The van der Waals surface area contributed by atoms with Crippen molar-refractivity contribution in [1.82, 2.24) is 10.6 Å². The summed E-state index contributed by atoms with van der Waals surface area (Å²) < 4.78 is 0. The van der Waals surface area contributed by atoms with E-state index in [0.717, 1.165) is 12.8 Å². The molecule has 0 spiro atoms. The van der Waals surface area contributed by atoms with Gasteiger partial charge >= 0.3 is 0 Å². The Hall–Kier alpha value is -2.33. The highest BCUT2D eigenvalue weighted by atomic mass is 35.5. The molecule has 1 aliphatic rings. The number of carbonyl (C=O) groups is 2. The molecule has 5 heteroatoms. The first-order valence-electron chi connectivity index (χ1n) is 8.45. The monoisotopic (exact) mass is 356 g/mol. The van der Waals surface area contributed by atoms with Crippen LogP contribution in [0.3, 0.4) is 0 Å². The summed E-state index contributed by atoms with van der Waals surface area (Å²) in [4.78, 5) is 24.0. The topological polar surface area (TPSA) is 58.2 Å². The Labute approximate surface area is 152 Å². The lowest BCUT2D eigenvalue weighted by Gasteiger charge is -2.16. The Balaban J connectivity index is 1.40. The smallest absolute Gasteiger partial charge is 0.251 e. The average Bonchev–Trinajstić information content (AvgIpc) is 3.42. The Morgan fingerprint density at radius 1 is 0.960 bits per heavy atom. The molecule has 0 aliphatic heterocycles. The summed E-state index contributed by atoms with van der Waals surface area (Å²) in [5.74, 6) is -0.244. The van der Waals surface area contributed by atoms with Gasteiger partial charge in [-0.1, -0.05) is 41.9 Å². The molecule has 2 amide bonds. The van der Waals surface area contributed by atoms with Crippen LogP contribution in [0.2, 0.25) is 5.02 Å². The van der Waals surface area contributed by atoms with Gasteiger partial charge in [0.2, 0.25) is 5.91 Å². The van der Waals surface area contributed by atoms with Gasteiger partial charge in [-0.3, -0.25) is 9.59 Å². The molecular weight excluding hydrogens is 336 g/mol. The van der Waals surface area contributed by atoms with Crippen LogP contribution in [-0.4, -0.2) is 24.9 Å². The third-order valence-corrected chi connectivity index (χ3v) is 4.86. The number of nitrogens with one attached hydrogen (secondary N) is 2. The van der Waals surface area contributed by atoms with E-state index in [4.69, 9.17) is 11.6 Å². The Morgan fingerprint density at radius 3 is 2.28 bits per heavy atom. The van der Waals surface area contributed by atoms with Gasteiger partial charge in [0, 0.05) is 35.5 Å². The Bertz CT molecular complexity index is 740. The van der Waals surface area contributed by atoms with E-state index >= 15 is 0 Å². The largest absolute Gasteiger partial charge is 0.355 e. The van der Waals surface area contributed by atoms with E-state index in [1.54, 1.807) is 24.3 Å². The van der Waals surface area contributed by atoms with Gasteiger partial charge in [0.1, 0.15) is 0 Å². The number of halogens is 1. The van der Waals surface area contributed by atoms with Crippen LogP contribution >= 0.6 is 11.6 Å². The van der Waals surface area contributed by atoms with Crippen molar-refractivity contribution in [3.05, 3.63) is 70.7 Å². The first kappa shape index (κ1) is 17.5. The lowest BCUT2D eigenvalue weighted by Crippen LogP contribution is -2.35. The molecule has 2 aromatic carbocycles. The predicted octanol–water partition coefficient (Wildman–Crippen LogP) is 3.31. The van der Waals surface area contributed by atoms with Gasteiger partial charge in [-0.25, -0.2) is 0 Å². The maximum Gasteiger partial charge on any atom is 0.251 e. The quantitative estimate of drug-likeness (QED) is 0.799. The first-order valence-corrected chi connectivity index (χ1v) is 8.83. The molecule has 1 saturated carbocycles. The summed E-state index contributed by atoms with van der Waals surface area (Å²) in [5, 5.41) is 6.33. The zero-order valence-electron chi connectivity index (χ0n) is 13.9. The van der Waals surface area contributed by atoms with Gasteiger partial charge in [-0.2, -0.15) is 0 Å². The lowest BCUT2D eigenvalue weighted by molar-refractivity contribution is -0.121. The molecule has 0 saturated heterocycles. The van der Waals surface area contributed by atoms with Crippen molar-refractivity contribution in [3.63, 3.8) is 0 Å². The van der Waals surface area contributed by atoms with Gasteiger partial charge in [0.05, 0.1) is 0 Å². The Morgan fingerprint density at radius 2 is 1.64 bits per heavy atom. The van der Waals surface area contributed by atoms with Gasteiger partial charge < -0.3 is 10.6 Å². The van der Waals surface area contributed by atoms with Gasteiger partial charge in [0.25, 0.3) is 5.91 Å². The second-order valence-corrected chi connectivity index (χ2v) is 6.87. The summed E-state index contributed by atoms with van der Waals surface area (Å²) in [5.41, 5.74) is 1.92. The van der Waals surface area contributed by atoms with Crippen molar-refractivity contribution in [1.29, 1.82) is 0 Å². The molecule has 3 rings (SSSR count). The van der Waals surface area contributed by atoms with Gasteiger partial charge in [-0.15, -0.1) is 0 Å². The van der Waals surface area contributed by atoms with Gasteiger partial charge in [-0.05, 0) is 42.7 Å². The van der Waals surface area contributed by atoms with Crippen LogP contribution in [0.1, 0.15) is 35.2 Å². The molecule has 1 aliphatic carbocycles. The number of rotatable bonds is 7. The summed E-state index contributed by atoms with van der Waals surface area (Å²) in [6.45, 7) is 0.965.